The van der Waals surface area contributed by atoms with Gasteiger partial charge in [-0.2, -0.15) is 0 Å². The van der Waals surface area contributed by atoms with Crippen LogP contribution in [-0.4, -0.2) is 30.3 Å². The first-order chi connectivity index (χ1) is 11.5. The number of thioether (sulfide) groups is 1. The molecule has 0 aliphatic rings. The predicted octanol–water partition coefficient (Wildman–Crippen LogP) is 2.84. The lowest BCUT2D eigenvalue weighted by atomic mass is 10.2. The Balaban J connectivity index is 2.11. The molecule has 0 unspecified atom stereocenters. The van der Waals surface area contributed by atoms with Crippen molar-refractivity contribution in [3.63, 3.8) is 0 Å². The van der Waals surface area contributed by atoms with Crippen molar-refractivity contribution in [1.29, 1.82) is 0 Å². The molecular weight excluding hydrogens is 350 g/mol. The van der Waals surface area contributed by atoms with Gasteiger partial charge in [-0.1, -0.05) is 32.0 Å². The maximum atomic E-state index is 12.2. The number of hydrogen-bond donors (Lipinski definition) is 1. The number of sulfonamides is 1. The van der Waals surface area contributed by atoms with Crippen molar-refractivity contribution in [2.24, 2.45) is 0 Å². The summed E-state index contributed by atoms with van der Waals surface area (Å²) in [5.74, 6) is 0.636. The molecule has 2 aromatic rings. The highest BCUT2D eigenvalue weighted by Crippen LogP contribution is 2.24. The Morgan fingerprint density at radius 1 is 1.21 bits per heavy atom. The predicted molar refractivity (Wildman–Crippen MR) is 91.0 cm³/mol. The van der Waals surface area contributed by atoms with E-state index in [9.17, 15) is 13.2 Å². The summed E-state index contributed by atoms with van der Waals surface area (Å²) in [6, 6.07) is 5.95. The van der Waals surface area contributed by atoms with E-state index < -0.39 is 15.9 Å². The topological polar surface area (TPSA) is 102 Å². The van der Waals surface area contributed by atoms with Crippen LogP contribution in [-0.2, 0) is 14.8 Å². The van der Waals surface area contributed by atoms with Crippen LogP contribution in [0.1, 0.15) is 33.1 Å². The minimum absolute atomic E-state index is 0.0128. The highest BCUT2D eigenvalue weighted by molar-refractivity contribution is 7.99. The molecule has 0 spiro atoms. The average molecular weight is 369 g/mol. The van der Waals surface area contributed by atoms with Gasteiger partial charge < -0.3 is 4.42 Å². The molecule has 0 fully saturated rings. The normalized spacial score (nSPS) is 11.4. The Bertz CT molecular complexity index is 785. The largest absolute Gasteiger partial charge is 0.411 e. The van der Waals surface area contributed by atoms with E-state index in [0.717, 1.165) is 12.2 Å². The van der Waals surface area contributed by atoms with E-state index in [4.69, 9.17) is 4.42 Å². The molecule has 1 aromatic carbocycles. The first-order valence-corrected chi connectivity index (χ1v) is 10.1. The summed E-state index contributed by atoms with van der Waals surface area (Å²) in [4.78, 5) is 11.6. The first-order valence-electron chi connectivity index (χ1n) is 7.58. The van der Waals surface area contributed by atoms with E-state index in [0.29, 0.717) is 23.1 Å². The van der Waals surface area contributed by atoms with Crippen LogP contribution >= 0.6 is 11.8 Å². The number of carbonyl (C=O) groups excluding carboxylic acids is 1. The summed E-state index contributed by atoms with van der Waals surface area (Å²) in [6.07, 6.45) is 1.66. The molecular formula is C15H19N3O4S2. The van der Waals surface area contributed by atoms with Crippen molar-refractivity contribution >= 4 is 27.7 Å². The zero-order valence-corrected chi connectivity index (χ0v) is 15.1. The molecule has 7 nitrogen and oxygen atoms in total. The number of nitrogens with zero attached hydrogens (tertiary/aromatic N) is 2. The second-order valence-electron chi connectivity index (χ2n) is 4.96. The molecule has 0 saturated carbocycles. The molecule has 0 bridgehead atoms. The molecule has 24 heavy (non-hydrogen) atoms. The van der Waals surface area contributed by atoms with Gasteiger partial charge in [0.2, 0.25) is 11.8 Å². The van der Waals surface area contributed by atoms with Gasteiger partial charge in [0, 0.05) is 12.0 Å². The second kappa shape index (κ2) is 8.29. The summed E-state index contributed by atoms with van der Waals surface area (Å²) in [7, 11) is -3.86. The van der Waals surface area contributed by atoms with Gasteiger partial charge in [-0.15, -0.1) is 10.2 Å². The number of benzene rings is 1. The number of hydrogen-bond acceptors (Lipinski definition) is 7. The van der Waals surface area contributed by atoms with Gasteiger partial charge in [0.15, 0.2) is 0 Å². The Kier molecular flexibility index (Phi) is 6.38. The van der Waals surface area contributed by atoms with Crippen molar-refractivity contribution < 1.29 is 17.6 Å². The molecule has 9 heteroatoms. The highest BCUT2D eigenvalue weighted by atomic mass is 32.2. The number of amides is 1. The van der Waals surface area contributed by atoms with Crippen molar-refractivity contribution in [2.75, 3.05) is 5.75 Å². The average Bonchev–Trinajstić information content (AvgIpc) is 3.02. The van der Waals surface area contributed by atoms with E-state index in [1.807, 2.05) is 13.8 Å². The minimum Gasteiger partial charge on any atom is -0.411 e. The molecule has 0 radical (unpaired) electrons. The molecule has 0 aliphatic carbocycles. The van der Waals surface area contributed by atoms with Gasteiger partial charge >= 0.3 is 0 Å². The molecule has 1 amide bonds. The van der Waals surface area contributed by atoms with E-state index in [1.54, 1.807) is 12.1 Å². The smallest absolute Gasteiger partial charge is 0.276 e. The Labute approximate surface area is 145 Å². The maximum absolute atomic E-state index is 12.2. The quantitative estimate of drug-likeness (QED) is 0.714. The fourth-order valence-corrected chi connectivity index (χ4v) is 3.38. The summed E-state index contributed by atoms with van der Waals surface area (Å²) in [5.41, 5.74) is 0.613. The zero-order valence-electron chi connectivity index (χ0n) is 13.5. The van der Waals surface area contributed by atoms with Crippen molar-refractivity contribution in [3.05, 3.63) is 24.3 Å². The van der Waals surface area contributed by atoms with Crippen molar-refractivity contribution in [2.45, 2.75) is 43.2 Å². The van der Waals surface area contributed by atoms with Crippen molar-refractivity contribution in [3.8, 4) is 11.5 Å². The van der Waals surface area contributed by atoms with Crippen LogP contribution in [0.15, 0.2) is 38.8 Å². The van der Waals surface area contributed by atoms with Crippen LogP contribution in [0.5, 0.6) is 0 Å². The molecule has 1 heterocycles. The van der Waals surface area contributed by atoms with Crippen LogP contribution < -0.4 is 4.72 Å². The lowest BCUT2D eigenvalue weighted by Gasteiger charge is -2.06. The Hall–Kier alpha value is -1.87. The standard InChI is InChI=1S/C15H19N3O4S2/c1-3-5-6-13(19)18-24(20,21)12-9-7-11(8-10-12)14-16-17-15(22-14)23-4-2/h7-10H,3-6H2,1-2H3,(H,18,19). The van der Waals surface area contributed by atoms with E-state index in [2.05, 4.69) is 14.9 Å². The fraction of sp³-hybridized carbons (Fsp3) is 0.400. The maximum Gasteiger partial charge on any atom is 0.276 e. The summed E-state index contributed by atoms with van der Waals surface area (Å²) < 4.78 is 31.8. The van der Waals surface area contributed by atoms with Gasteiger partial charge in [0.1, 0.15) is 0 Å². The van der Waals surface area contributed by atoms with Crippen LogP contribution in [0.2, 0.25) is 0 Å². The molecule has 0 saturated heterocycles. The van der Waals surface area contributed by atoms with Gasteiger partial charge in [-0.25, -0.2) is 13.1 Å². The molecule has 0 atom stereocenters. The van der Waals surface area contributed by atoms with Gasteiger partial charge in [-0.3, -0.25) is 4.79 Å². The Morgan fingerprint density at radius 3 is 2.54 bits per heavy atom. The number of aromatic nitrogens is 2. The number of carbonyl (C=O) groups is 1. The summed E-state index contributed by atoms with van der Waals surface area (Å²) in [6.45, 7) is 3.91. The number of nitrogens with one attached hydrogen (secondary N) is 1. The molecule has 2 rings (SSSR count). The lowest BCUT2D eigenvalue weighted by Crippen LogP contribution is -2.30. The van der Waals surface area contributed by atoms with Gasteiger partial charge in [0.25, 0.3) is 15.2 Å². The zero-order chi connectivity index (χ0) is 17.6. The molecule has 1 aromatic heterocycles. The second-order valence-corrected chi connectivity index (χ2v) is 7.86. The third-order valence-corrected chi connectivity index (χ3v) is 5.18. The third kappa shape index (κ3) is 4.81. The summed E-state index contributed by atoms with van der Waals surface area (Å²) >= 11 is 1.43. The number of unbranched alkanes of at least 4 members (excludes halogenated alkanes) is 1. The number of rotatable bonds is 8. The van der Waals surface area contributed by atoms with E-state index in [-0.39, 0.29) is 11.3 Å². The molecule has 130 valence electrons. The van der Waals surface area contributed by atoms with Crippen LogP contribution in [0.25, 0.3) is 11.5 Å². The van der Waals surface area contributed by atoms with E-state index in [1.165, 1.54) is 23.9 Å². The van der Waals surface area contributed by atoms with Crippen molar-refractivity contribution in [1.82, 2.24) is 14.9 Å². The Morgan fingerprint density at radius 2 is 1.92 bits per heavy atom. The third-order valence-electron chi connectivity index (χ3n) is 3.09. The highest BCUT2D eigenvalue weighted by Gasteiger charge is 2.18. The van der Waals surface area contributed by atoms with Crippen LogP contribution in [0.4, 0.5) is 0 Å². The SMILES string of the molecule is CCCCC(=O)NS(=O)(=O)c1ccc(-c2nnc(SCC)o2)cc1. The van der Waals surface area contributed by atoms with Crippen LogP contribution in [0.3, 0.4) is 0 Å². The minimum atomic E-state index is -3.86. The van der Waals surface area contributed by atoms with E-state index >= 15 is 0 Å². The summed E-state index contributed by atoms with van der Waals surface area (Å²) in [5, 5.41) is 8.28. The first kappa shape index (κ1) is 18.5. The van der Waals surface area contributed by atoms with Crippen LogP contribution in [0, 0.1) is 0 Å². The fourth-order valence-electron chi connectivity index (χ4n) is 1.88. The lowest BCUT2D eigenvalue weighted by molar-refractivity contribution is -0.119. The molecule has 0 aliphatic heterocycles. The monoisotopic (exact) mass is 369 g/mol. The molecule has 1 N–H and O–H groups in total. The van der Waals surface area contributed by atoms with Gasteiger partial charge in [0.05, 0.1) is 4.90 Å². The van der Waals surface area contributed by atoms with Gasteiger partial charge in [-0.05, 0) is 36.4 Å².